The van der Waals surface area contributed by atoms with Crippen molar-refractivity contribution in [2.75, 3.05) is 0 Å². The number of halogens is 2. The normalized spacial score (nSPS) is 13.1. The van der Waals surface area contributed by atoms with E-state index in [0.717, 1.165) is 12.1 Å². The van der Waals surface area contributed by atoms with Crippen molar-refractivity contribution in [1.82, 2.24) is 5.32 Å². The Bertz CT molecular complexity index is 492. The first-order valence-corrected chi connectivity index (χ1v) is 5.68. The zero-order chi connectivity index (χ0) is 14.4. The van der Waals surface area contributed by atoms with Crippen LogP contribution in [0.1, 0.15) is 18.9 Å². The minimum Gasteiger partial charge on any atom is -0.409 e. The lowest BCUT2D eigenvalue weighted by Gasteiger charge is -2.15. The standard InChI is InChI=1S/C12H15F2N3O2/c1-2-10(12(15)17-19)16-11(18)6-7-3-4-8(13)9(14)5-7/h3-5,10,19H,2,6H2,1H3,(H2,15,17)(H,16,18). The lowest BCUT2D eigenvalue weighted by molar-refractivity contribution is -0.120. The number of nitrogens with zero attached hydrogens (tertiary/aromatic N) is 1. The Morgan fingerprint density at radius 2 is 2.16 bits per heavy atom. The molecule has 0 saturated heterocycles. The number of benzene rings is 1. The average Bonchev–Trinajstić information content (AvgIpc) is 2.39. The van der Waals surface area contributed by atoms with Gasteiger partial charge in [0.05, 0.1) is 12.5 Å². The molecule has 1 unspecified atom stereocenters. The third kappa shape index (κ3) is 4.20. The Morgan fingerprint density at radius 3 is 2.68 bits per heavy atom. The predicted octanol–water partition coefficient (Wildman–Crippen LogP) is 1.15. The van der Waals surface area contributed by atoms with Gasteiger partial charge in [-0.3, -0.25) is 4.79 Å². The average molecular weight is 271 g/mol. The number of oxime groups is 1. The summed E-state index contributed by atoms with van der Waals surface area (Å²) in [5.74, 6) is -2.51. The van der Waals surface area contributed by atoms with Gasteiger partial charge in [0.25, 0.3) is 0 Å². The van der Waals surface area contributed by atoms with Gasteiger partial charge in [-0.15, -0.1) is 0 Å². The summed E-state index contributed by atoms with van der Waals surface area (Å²) in [6.45, 7) is 1.75. The highest BCUT2D eigenvalue weighted by Gasteiger charge is 2.15. The van der Waals surface area contributed by atoms with Crippen LogP contribution in [0.3, 0.4) is 0 Å². The molecule has 7 heteroatoms. The van der Waals surface area contributed by atoms with E-state index in [-0.39, 0.29) is 12.3 Å². The van der Waals surface area contributed by atoms with Gasteiger partial charge in [-0.25, -0.2) is 8.78 Å². The molecule has 0 spiro atoms. The molecule has 0 fully saturated rings. The van der Waals surface area contributed by atoms with Crippen LogP contribution in [0, 0.1) is 11.6 Å². The second-order valence-electron chi connectivity index (χ2n) is 3.98. The van der Waals surface area contributed by atoms with Gasteiger partial charge in [0.2, 0.25) is 5.91 Å². The summed E-state index contributed by atoms with van der Waals surface area (Å²) in [7, 11) is 0. The van der Waals surface area contributed by atoms with Crippen LogP contribution in [0.2, 0.25) is 0 Å². The molecule has 0 aromatic heterocycles. The van der Waals surface area contributed by atoms with E-state index < -0.39 is 23.6 Å². The number of hydrogen-bond donors (Lipinski definition) is 3. The van der Waals surface area contributed by atoms with Crippen molar-refractivity contribution >= 4 is 11.7 Å². The maximum absolute atomic E-state index is 13.0. The fraction of sp³-hybridized carbons (Fsp3) is 0.333. The highest BCUT2D eigenvalue weighted by atomic mass is 19.2. The summed E-state index contributed by atoms with van der Waals surface area (Å²) in [6, 6.07) is 2.64. The zero-order valence-electron chi connectivity index (χ0n) is 10.4. The van der Waals surface area contributed by atoms with E-state index in [0.29, 0.717) is 12.0 Å². The summed E-state index contributed by atoms with van der Waals surface area (Å²) in [5.41, 5.74) is 5.73. The van der Waals surface area contributed by atoms with Gasteiger partial charge < -0.3 is 16.3 Å². The number of amidine groups is 1. The number of rotatable bonds is 5. The van der Waals surface area contributed by atoms with Crippen molar-refractivity contribution in [3.05, 3.63) is 35.4 Å². The zero-order valence-corrected chi connectivity index (χ0v) is 10.4. The highest BCUT2D eigenvalue weighted by Crippen LogP contribution is 2.09. The third-order valence-electron chi connectivity index (χ3n) is 2.56. The Labute approximate surface area is 109 Å². The second-order valence-corrected chi connectivity index (χ2v) is 3.98. The molecule has 104 valence electrons. The molecule has 0 aliphatic heterocycles. The number of carbonyl (C=O) groups is 1. The molecule has 5 nitrogen and oxygen atoms in total. The summed E-state index contributed by atoms with van der Waals surface area (Å²) in [5, 5.41) is 13.9. The summed E-state index contributed by atoms with van der Waals surface area (Å²) >= 11 is 0. The van der Waals surface area contributed by atoms with Crippen LogP contribution in [0.15, 0.2) is 23.4 Å². The molecule has 4 N–H and O–H groups in total. The monoisotopic (exact) mass is 271 g/mol. The van der Waals surface area contributed by atoms with E-state index >= 15 is 0 Å². The van der Waals surface area contributed by atoms with Crippen molar-refractivity contribution in [2.24, 2.45) is 10.9 Å². The van der Waals surface area contributed by atoms with Crippen LogP contribution >= 0.6 is 0 Å². The van der Waals surface area contributed by atoms with Crippen molar-refractivity contribution in [2.45, 2.75) is 25.8 Å². The smallest absolute Gasteiger partial charge is 0.225 e. The highest BCUT2D eigenvalue weighted by molar-refractivity contribution is 5.90. The number of nitrogens with two attached hydrogens (primary N) is 1. The van der Waals surface area contributed by atoms with Crippen molar-refractivity contribution < 1.29 is 18.8 Å². The van der Waals surface area contributed by atoms with Crippen molar-refractivity contribution in [3.8, 4) is 0 Å². The summed E-state index contributed by atoms with van der Waals surface area (Å²) < 4.78 is 25.7. The van der Waals surface area contributed by atoms with Crippen LogP contribution in [-0.2, 0) is 11.2 Å². The molecule has 19 heavy (non-hydrogen) atoms. The number of hydrogen-bond acceptors (Lipinski definition) is 3. The van der Waals surface area contributed by atoms with Crippen LogP contribution < -0.4 is 11.1 Å². The van der Waals surface area contributed by atoms with Crippen LogP contribution in [0.4, 0.5) is 8.78 Å². The molecular formula is C12H15F2N3O2. The van der Waals surface area contributed by atoms with Gasteiger partial charge in [-0.2, -0.15) is 0 Å². The van der Waals surface area contributed by atoms with Gasteiger partial charge in [-0.1, -0.05) is 18.1 Å². The number of nitrogens with one attached hydrogen (secondary N) is 1. The first-order chi connectivity index (χ1) is 8.97. The SMILES string of the molecule is CCC(NC(=O)Cc1ccc(F)c(F)c1)C(N)=NO. The van der Waals surface area contributed by atoms with Gasteiger partial charge in [0, 0.05) is 0 Å². The Hall–Kier alpha value is -2.18. The van der Waals surface area contributed by atoms with Crippen molar-refractivity contribution in [1.29, 1.82) is 0 Å². The van der Waals surface area contributed by atoms with Gasteiger partial charge in [0.1, 0.15) is 0 Å². The molecule has 0 bridgehead atoms. The molecule has 1 aromatic carbocycles. The van der Waals surface area contributed by atoms with Gasteiger partial charge in [0.15, 0.2) is 17.5 Å². The van der Waals surface area contributed by atoms with E-state index in [1.54, 1.807) is 6.92 Å². The Kier molecular flexibility index (Phi) is 5.23. The van der Waals surface area contributed by atoms with E-state index in [1.807, 2.05) is 0 Å². The maximum atomic E-state index is 13.0. The minimum atomic E-state index is -1.01. The first-order valence-electron chi connectivity index (χ1n) is 5.68. The van der Waals surface area contributed by atoms with Crippen molar-refractivity contribution in [3.63, 3.8) is 0 Å². The summed E-state index contributed by atoms with van der Waals surface area (Å²) in [4.78, 5) is 11.7. The molecule has 0 heterocycles. The maximum Gasteiger partial charge on any atom is 0.225 e. The topological polar surface area (TPSA) is 87.7 Å². The van der Waals surface area contributed by atoms with Gasteiger partial charge in [-0.05, 0) is 24.1 Å². The molecule has 1 aromatic rings. The molecule has 1 rings (SSSR count). The number of amides is 1. The molecule has 1 amide bonds. The van der Waals surface area contributed by atoms with E-state index in [4.69, 9.17) is 10.9 Å². The molecule has 0 radical (unpaired) electrons. The molecule has 0 aliphatic rings. The van der Waals surface area contributed by atoms with E-state index in [1.165, 1.54) is 6.07 Å². The second kappa shape index (κ2) is 6.67. The lowest BCUT2D eigenvalue weighted by atomic mass is 10.1. The molecule has 0 saturated carbocycles. The Balaban J connectivity index is 2.66. The largest absolute Gasteiger partial charge is 0.409 e. The fourth-order valence-electron chi connectivity index (χ4n) is 1.54. The first kappa shape index (κ1) is 14.9. The molecular weight excluding hydrogens is 256 g/mol. The van der Waals surface area contributed by atoms with E-state index in [9.17, 15) is 13.6 Å². The minimum absolute atomic E-state index is 0.110. The third-order valence-corrected chi connectivity index (χ3v) is 2.56. The quantitative estimate of drug-likeness (QED) is 0.325. The fourth-order valence-corrected chi connectivity index (χ4v) is 1.54. The van der Waals surface area contributed by atoms with E-state index in [2.05, 4.69) is 10.5 Å². The Morgan fingerprint density at radius 1 is 1.47 bits per heavy atom. The molecule has 0 aliphatic carbocycles. The molecule has 1 atom stereocenters. The number of carbonyl (C=O) groups excluding carboxylic acids is 1. The predicted molar refractivity (Wildman–Crippen MR) is 65.7 cm³/mol. The van der Waals surface area contributed by atoms with Crippen LogP contribution in [0.5, 0.6) is 0 Å². The lowest BCUT2D eigenvalue weighted by Crippen LogP contribution is -2.44. The van der Waals surface area contributed by atoms with Crippen LogP contribution in [-0.4, -0.2) is 23.0 Å². The van der Waals surface area contributed by atoms with Crippen LogP contribution in [0.25, 0.3) is 0 Å². The summed E-state index contributed by atoms with van der Waals surface area (Å²) in [6.07, 6.45) is 0.325. The van der Waals surface area contributed by atoms with Gasteiger partial charge >= 0.3 is 0 Å².